The summed E-state index contributed by atoms with van der Waals surface area (Å²) in [6.07, 6.45) is 0.892. The van der Waals surface area contributed by atoms with E-state index < -0.39 is 9.84 Å². The van der Waals surface area contributed by atoms with Gasteiger partial charge in [-0.05, 0) is 25.6 Å². The SMILES string of the molecule is CNC(CS(=O)(=O)c1ccccc1Cl)C1CCOC1. The lowest BCUT2D eigenvalue weighted by atomic mass is 10.0. The monoisotopic (exact) mass is 303 g/mol. The third kappa shape index (κ3) is 3.48. The number of sulfone groups is 1. The van der Waals surface area contributed by atoms with Crippen LogP contribution in [0.3, 0.4) is 0 Å². The highest BCUT2D eigenvalue weighted by Crippen LogP contribution is 2.25. The van der Waals surface area contributed by atoms with Crippen molar-refractivity contribution in [3.63, 3.8) is 0 Å². The van der Waals surface area contributed by atoms with Crippen LogP contribution in [-0.4, -0.2) is 40.5 Å². The quantitative estimate of drug-likeness (QED) is 0.900. The molecule has 2 rings (SSSR count). The normalized spacial score (nSPS) is 21.5. The van der Waals surface area contributed by atoms with Gasteiger partial charge in [-0.25, -0.2) is 8.42 Å². The van der Waals surface area contributed by atoms with Crippen molar-refractivity contribution in [3.05, 3.63) is 29.3 Å². The Morgan fingerprint density at radius 2 is 2.21 bits per heavy atom. The van der Waals surface area contributed by atoms with E-state index in [9.17, 15) is 8.42 Å². The lowest BCUT2D eigenvalue weighted by molar-refractivity contribution is 0.179. The molecule has 1 aliphatic heterocycles. The maximum atomic E-state index is 12.4. The summed E-state index contributed by atoms with van der Waals surface area (Å²) in [5.74, 6) is 0.281. The first-order valence-corrected chi connectivity index (χ1v) is 8.30. The van der Waals surface area contributed by atoms with Crippen molar-refractivity contribution >= 4 is 21.4 Å². The molecular weight excluding hydrogens is 286 g/mol. The Balaban J connectivity index is 2.18. The predicted molar refractivity (Wildman–Crippen MR) is 75.3 cm³/mol. The highest BCUT2D eigenvalue weighted by Gasteiger charge is 2.30. The molecule has 2 atom stereocenters. The van der Waals surface area contributed by atoms with Crippen LogP contribution in [0.25, 0.3) is 0 Å². The zero-order valence-electron chi connectivity index (χ0n) is 10.8. The second kappa shape index (κ2) is 6.22. The highest BCUT2D eigenvalue weighted by atomic mass is 35.5. The van der Waals surface area contributed by atoms with Gasteiger partial charge in [-0.2, -0.15) is 0 Å². The number of benzene rings is 1. The molecule has 1 aliphatic rings. The average Bonchev–Trinajstić information content (AvgIpc) is 2.90. The molecule has 19 heavy (non-hydrogen) atoms. The van der Waals surface area contributed by atoms with E-state index in [-0.39, 0.29) is 27.6 Å². The topological polar surface area (TPSA) is 55.4 Å². The van der Waals surface area contributed by atoms with Crippen molar-refractivity contribution in [3.8, 4) is 0 Å². The molecule has 0 bridgehead atoms. The molecule has 1 aromatic carbocycles. The number of nitrogens with one attached hydrogen (secondary N) is 1. The fraction of sp³-hybridized carbons (Fsp3) is 0.538. The van der Waals surface area contributed by atoms with Crippen molar-refractivity contribution in [2.45, 2.75) is 17.4 Å². The average molecular weight is 304 g/mol. The molecule has 0 spiro atoms. The van der Waals surface area contributed by atoms with Crippen molar-refractivity contribution in [1.82, 2.24) is 5.32 Å². The maximum Gasteiger partial charge on any atom is 0.181 e. The third-order valence-electron chi connectivity index (χ3n) is 3.48. The van der Waals surface area contributed by atoms with E-state index in [1.807, 2.05) is 0 Å². The molecule has 0 amide bonds. The fourth-order valence-electron chi connectivity index (χ4n) is 2.35. The lowest BCUT2D eigenvalue weighted by Crippen LogP contribution is -2.40. The van der Waals surface area contributed by atoms with Gasteiger partial charge in [0.25, 0.3) is 0 Å². The van der Waals surface area contributed by atoms with Crippen LogP contribution >= 0.6 is 11.6 Å². The van der Waals surface area contributed by atoms with Gasteiger partial charge < -0.3 is 10.1 Å². The second-order valence-electron chi connectivity index (χ2n) is 4.73. The zero-order chi connectivity index (χ0) is 13.9. The van der Waals surface area contributed by atoms with E-state index in [4.69, 9.17) is 16.3 Å². The molecule has 2 unspecified atom stereocenters. The molecule has 1 saturated heterocycles. The summed E-state index contributed by atoms with van der Waals surface area (Å²) in [6, 6.07) is 6.45. The van der Waals surface area contributed by atoms with E-state index in [1.165, 1.54) is 0 Å². The standard InChI is InChI=1S/C13H18ClNO3S/c1-15-12(10-6-7-18-8-10)9-19(16,17)13-5-3-2-4-11(13)14/h2-5,10,12,15H,6-9H2,1H3. The van der Waals surface area contributed by atoms with Gasteiger partial charge in [0.1, 0.15) is 0 Å². The summed E-state index contributed by atoms with van der Waals surface area (Å²) >= 11 is 5.97. The van der Waals surface area contributed by atoms with Crippen molar-refractivity contribution in [2.24, 2.45) is 5.92 Å². The first kappa shape index (κ1) is 14.8. The molecule has 1 aromatic rings. The lowest BCUT2D eigenvalue weighted by Gasteiger charge is -2.21. The van der Waals surface area contributed by atoms with Crippen LogP contribution in [-0.2, 0) is 14.6 Å². The Morgan fingerprint density at radius 3 is 2.79 bits per heavy atom. The molecule has 4 nitrogen and oxygen atoms in total. The van der Waals surface area contributed by atoms with Crippen LogP contribution in [0.1, 0.15) is 6.42 Å². The summed E-state index contributed by atoms with van der Waals surface area (Å²) in [4.78, 5) is 0.204. The predicted octanol–water partition coefficient (Wildman–Crippen LogP) is 1.74. The van der Waals surface area contributed by atoms with Gasteiger partial charge >= 0.3 is 0 Å². The number of halogens is 1. The molecule has 0 aliphatic carbocycles. The molecule has 1 N–H and O–H groups in total. The summed E-state index contributed by atoms with van der Waals surface area (Å²) < 4.78 is 30.2. The Morgan fingerprint density at radius 1 is 1.47 bits per heavy atom. The maximum absolute atomic E-state index is 12.4. The van der Waals surface area contributed by atoms with Crippen molar-refractivity contribution < 1.29 is 13.2 Å². The van der Waals surface area contributed by atoms with E-state index in [0.29, 0.717) is 13.2 Å². The van der Waals surface area contributed by atoms with E-state index in [0.717, 1.165) is 6.42 Å². The van der Waals surface area contributed by atoms with Gasteiger partial charge in [0.15, 0.2) is 9.84 Å². The summed E-state index contributed by atoms with van der Waals surface area (Å²) in [5, 5.41) is 3.36. The van der Waals surface area contributed by atoms with Gasteiger partial charge in [0, 0.05) is 18.6 Å². The smallest absolute Gasteiger partial charge is 0.181 e. The van der Waals surface area contributed by atoms with E-state index >= 15 is 0 Å². The van der Waals surface area contributed by atoms with Crippen molar-refractivity contribution in [1.29, 1.82) is 0 Å². The fourth-order valence-corrected chi connectivity index (χ4v) is 4.58. The molecule has 106 valence electrons. The summed E-state index contributed by atoms with van der Waals surface area (Å²) in [7, 11) is -1.61. The minimum absolute atomic E-state index is 0.0429. The van der Waals surface area contributed by atoms with Crippen LogP contribution in [0.4, 0.5) is 0 Å². The van der Waals surface area contributed by atoms with Crippen molar-refractivity contribution in [2.75, 3.05) is 26.0 Å². The van der Waals surface area contributed by atoms with Crippen LogP contribution in [0.15, 0.2) is 29.2 Å². The second-order valence-corrected chi connectivity index (χ2v) is 7.14. The number of ether oxygens (including phenoxy) is 1. The van der Waals surface area contributed by atoms with E-state index in [2.05, 4.69) is 5.32 Å². The molecular formula is C13H18ClNO3S. The molecule has 0 aromatic heterocycles. The zero-order valence-corrected chi connectivity index (χ0v) is 12.4. The van der Waals surface area contributed by atoms with E-state index in [1.54, 1.807) is 31.3 Å². The molecule has 1 heterocycles. The van der Waals surface area contributed by atoms with Crippen LogP contribution in [0, 0.1) is 5.92 Å². The largest absolute Gasteiger partial charge is 0.381 e. The van der Waals surface area contributed by atoms with Gasteiger partial charge in [-0.3, -0.25) is 0 Å². The van der Waals surface area contributed by atoms with Gasteiger partial charge in [-0.1, -0.05) is 23.7 Å². The van der Waals surface area contributed by atoms with Crippen LogP contribution in [0.2, 0.25) is 5.02 Å². The highest BCUT2D eigenvalue weighted by molar-refractivity contribution is 7.91. The third-order valence-corrected chi connectivity index (χ3v) is 5.74. The molecule has 1 fully saturated rings. The minimum Gasteiger partial charge on any atom is -0.381 e. The first-order chi connectivity index (χ1) is 9.04. The Hall–Kier alpha value is -0.620. The Bertz CT molecular complexity index is 526. The minimum atomic E-state index is -3.39. The van der Waals surface area contributed by atoms with Crippen LogP contribution < -0.4 is 5.32 Å². The van der Waals surface area contributed by atoms with Gasteiger partial charge in [-0.15, -0.1) is 0 Å². The number of hydrogen-bond acceptors (Lipinski definition) is 4. The van der Waals surface area contributed by atoms with Crippen LogP contribution in [0.5, 0.6) is 0 Å². The van der Waals surface area contributed by atoms with Gasteiger partial charge in [0.2, 0.25) is 0 Å². The number of rotatable bonds is 5. The summed E-state index contributed by atoms with van der Waals surface area (Å²) in [6.45, 7) is 1.32. The summed E-state index contributed by atoms with van der Waals surface area (Å²) in [5.41, 5.74) is 0. The Labute approximate surface area is 119 Å². The molecule has 0 saturated carbocycles. The molecule has 0 radical (unpaired) electrons. The van der Waals surface area contributed by atoms with Gasteiger partial charge in [0.05, 0.1) is 22.3 Å². The number of hydrogen-bond donors (Lipinski definition) is 1. The first-order valence-electron chi connectivity index (χ1n) is 6.27. The molecule has 6 heteroatoms. The Kier molecular flexibility index (Phi) is 4.84.